The van der Waals surface area contributed by atoms with Crippen LogP contribution >= 0.6 is 11.6 Å². The molecule has 1 fully saturated rings. The number of nitrogens with zero attached hydrogens (tertiary/aromatic N) is 2. The molecular weight excluding hydrogens is 397 g/mol. The molecule has 1 aliphatic rings. The molecule has 0 amide bonds. The summed E-state index contributed by atoms with van der Waals surface area (Å²) in [5.74, 6) is 0.603. The molecule has 0 saturated heterocycles. The van der Waals surface area contributed by atoms with E-state index in [4.69, 9.17) is 21.1 Å². The molecule has 1 aliphatic carbocycles. The molecule has 1 saturated carbocycles. The van der Waals surface area contributed by atoms with Gasteiger partial charge in [0, 0.05) is 33.5 Å². The highest BCUT2D eigenvalue weighted by Crippen LogP contribution is 2.43. The second-order valence-corrected chi connectivity index (χ2v) is 7.21. The zero-order valence-corrected chi connectivity index (χ0v) is 16.8. The van der Waals surface area contributed by atoms with Gasteiger partial charge in [0.2, 0.25) is 5.88 Å². The van der Waals surface area contributed by atoms with Crippen molar-refractivity contribution in [1.82, 2.24) is 15.6 Å². The Kier molecular flexibility index (Phi) is 8.18. The van der Waals surface area contributed by atoms with Gasteiger partial charge in [0.05, 0.1) is 12.1 Å². The van der Waals surface area contributed by atoms with Crippen LogP contribution in [0.2, 0.25) is 5.02 Å². The number of aromatic nitrogens is 1. The number of alkyl halides is 3. The highest BCUT2D eigenvalue weighted by Gasteiger charge is 2.36. The van der Waals surface area contributed by atoms with Crippen LogP contribution in [0.4, 0.5) is 13.2 Å². The monoisotopic (exact) mass is 422 g/mol. The van der Waals surface area contributed by atoms with Crippen LogP contribution in [0.15, 0.2) is 17.3 Å². The van der Waals surface area contributed by atoms with Crippen molar-refractivity contribution in [2.75, 3.05) is 40.5 Å². The summed E-state index contributed by atoms with van der Waals surface area (Å²) in [5.41, 5.74) is -0.659. The molecule has 0 aromatic carbocycles. The van der Waals surface area contributed by atoms with Crippen LogP contribution in [0.25, 0.3) is 0 Å². The lowest BCUT2D eigenvalue weighted by atomic mass is 9.67. The molecule has 158 valence electrons. The number of aliphatic imine (C=N–C) groups is 1. The molecule has 2 N–H and O–H groups in total. The van der Waals surface area contributed by atoms with Crippen LogP contribution in [-0.2, 0) is 10.9 Å². The fraction of sp³-hybridized carbons (Fsp3) is 0.667. The summed E-state index contributed by atoms with van der Waals surface area (Å²) in [6.45, 7) is 2.11. The third-order valence-corrected chi connectivity index (χ3v) is 5.14. The van der Waals surface area contributed by atoms with Gasteiger partial charge in [-0.15, -0.1) is 0 Å². The van der Waals surface area contributed by atoms with Crippen molar-refractivity contribution in [3.05, 3.63) is 22.8 Å². The minimum atomic E-state index is -4.49. The lowest BCUT2D eigenvalue weighted by Gasteiger charge is -2.42. The van der Waals surface area contributed by atoms with Gasteiger partial charge in [0.1, 0.15) is 11.6 Å². The predicted molar refractivity (Wildman–Crippen MR) is 102 cm³/mol. The molecule has 0 atom stereocenters. The van der Waals surface area contributed by atoms with E-state index < -0.39 is 11.7 Å². The van der Waals surface area contributed by atoms with E-state index in [1.807, 2.05) is 0 Å². The Morgan fingerprint density at radius 1 is 1.32 bits per heavy atom. The fourth-order valence-corrected chi connectivity index (χ4v) is 3.23. The minimum absolute atomic E-state index is 0.0348. The molecule has 0 unspecified atom stereocenters. The SMILES string of the molecule is CN=C(NCCOc1ncc(C(F)(F)F)cc1Cl)NCC1(CCOC)CCC1. The third kappa shape index (κ3) is 6.41. The number of rotatable bonds is 9. The van der Waals surface area contributed by atoms with Crippen molar-refractivity contribution in [2.45, 2.75) is 31.9 Å². The molecule has 1 aromatic rings. The van der Waals surface area contributed by atoms with Crippen LogP contribution in [0, 0.1) is 5.41 Å². The van der Waals surface area contributed by atoms with Gasteiger partial charge in [-0.2, -0.15) is 13.2 Å². The summed E-state index contributed by atoms with van der Waals surface area (Å²) in [4.78, 5) is 7.81. The molecule has 1 aromatic heterocycles. The second kappa shape index (κ2) is 10.2. The first kappa shape index (κ1) is 22.5. The topological polar surface area (TPSA) is 67.8 Å². The second-order valence-electron chi connectivity index (χ2n) is 6.81. The lowest BCUT2D eigenvalue weighted by molar-refractivity contribution is -0.137. The average Bonchev–Trinajstić information content (AvgIpc) is 2.62. The van der Waals surface area contributed by atoms with Crippen molar-refractivity contribution in [3.8, 4) is 5.88 Å². The van der Waals surface area contributed by atoms with Crippen molar-refractivity contribution < 1.29 is 22.6 Å². The fourth-order valence-electron chi connectivity index (χ4n) is 3.01. The standard InChI is InChI=1S/C18H26ClF3N4O2/c1-23-16(26-12-17(4-3-5-17)6-8-27-2)24-7-9-28-15-14(19)10-13(11-25-15)18(20,21)22/h10-11H,3-9,12H2,1-2H3,(H2,23,24,26). The Bertz CT molecular complexity index is 667. The molecule has 2 rings (SSSR count). The van der Waals surface area contributed by atoms with Crippen LogP contribution in [-0.4, -0.2) is 51.4 Å². The maximum absolute atomic E-state index is 12.6. The van der Waals surface area contributed by atoms with E-state index in [1.165, 1.54) is 19.3 Å². The van der Waals surface area contributed by atoms with Crippen LogP contribution in [0.5, 0.6) is 5.88 Å². The zero-order chi connectivity index (χ0) is 20.6. The van der Waals surface area contributed by atoms with E-state index in [-0.39, 0.29) is 22.9 Å². The Hall–Kier alpha value is -1.74. The number of hydrogen-bond acceptors (Lipinski definition) is 4. The molecule has 0 spiro atoms. The van der Waals surface area contributed by atoms with Gasteiger partial charge < -0.3 is 20.1 Å². The summed E-state index contributed by atoms with van der Waals surface area (Å²) in [7, 11) is 3.38. The lowest BCUT2D eigenvalue weighted by Crippen LogP contribution is -2.47. The maximum Gasteiger partial charge on any atom is 0.417 e. The van der Waals surface area contributed by atoms with E-state index in [2.05, 4.69) is 20.6 Å². The first-order valence-electron chi connectivity index (χ1n) is 9.09. The van der Waals surface area contributed by atoms with Gasteiger partial charge in [0.25, 0.3) is 0 Å². The van der Waals surface area contributed by atoms with Gasteiger partial charge >= 0.3 is 6.18 Å². The van der Waals surface area contributed by atoms with Gasteiger partial charge in [-0.1, -0.05) is 18.0 Å². The first-order valence-corrected chi connectivity index (χ1v) is 9.46. The smallest absolute Gasteiger partial charge is 0.417 e. The predicted octanol–water partition coefficient (Wildman–Crippen LogP) is 3.50. The van der Waals surface area contributed by atoms with E-state index in [0.29, 0.717) is 18.7 Å². The van der Waals surface area contributed by atoms with Gasteiger partial charge in [-0.05, 0) is 30.7 Å². The highest BCUT2D eigenvalue weighted by atomic mass is 35.5. The largest absolute Gasteiger partial charge is 0.475 e. The number of hydrogen-bond donors (Lipinski definition) is 2. The molecule has 0 radical (unpaired) electrons. The van der Waals surface area contributed by atoms with Gasteiger partial charge in [-0.3, -0.25) is 4.99 Å². The van der Waals surface area contributed by atoms with E-state index >= 15 is 0 Å². The van der Waals surface area contributed by atoms with E-state index in [1.54, 1.807) is 14.2 Å². The summed E-state index contributed by atoms with van der Waals surface area (Å²) < 4.78 is 48.4. The summed E-state index contributed by atoms with van der Waals surface area (Å²) in [6, 6.07) is 0.801. The number of methoxy groups -OCH3 is 1. The number of nitrogens with one attached hydrogen (secondary N) is 2. The summed E-state index contributed by atoms with van der Waals surface area (Å²) >= 11 is 5.81. The van der Waals surface area contributed by atoms with Crippen molar-refractivity contribution in [1.29, 1.82) is 0 Å². The zero-order valence-electron chi connectivity index (χ0n) is 16.0. The summed E-state index contributed by atoms with van der Waals surface area (Å²) in [6.07, 6.45) is 0.785. The van der Waals surface area contributed by atoms with Gasteiger partial charge in [0.15, 0.2) is 5.96 Å². The van der Waals surface area contributed by atoms with E-state index in [9.17, 15) is 13.2 Å². The Morgan fingerprint density at radius 2 is 2.07 bits per heavy atom. The Labute approximate surface area is 167 Å². The average molecular weight is 423 g/mol. The molecule has 0 bridgehead atoms. The maximum atomic E-state index is 12.6. The minimum Gasteiger partial charge on any atom is -0.475 e. The molecular formula is C18H26ClF3N4O2. The molecule has 10 heteroatoms. The molecule has 6 nitrogen and oxygen atoms in total. The quantitative estimate of drug-likeness (QED) is 0.362. The molecule has 1 heterocycles. The highest BCUT2D eigenvalue weighted by molar-refractivity contribution is 6.31. The first-order chi connectivity index (χ1) is 13.3. The van der Waals surface area contributed by atoms with Crippen molar-refractivity contribution in [2.24, 2.45) is 10.4 Å². The Morgan fingerprint density at radius 3 is 2.61 bits per heavy atom. The van der Waals surface area contributed by atoms with Crippen LogP contribution in [0.3, 0.4) is 0 Å². The number of halogens is 4. The van der Waals surface area contributed by atoms with Crippen LogP contribution in [0.1, 0.15) is 31.2 Å². The van der Waals surface area contributed by atoms with Crippen molar-refractivity contribution in [3.63, 3.8) is 0 Å². The molecule has 28 heavy (non-hydrogen) atoms. The van der Waals surface area contributed by atoms with E-state index in [0.717, 1.165) is 25.6 Å². The van der Waals surface area contributed by atoms with Gasteiger partial charge in [-0.25, -0.2) is 4.98 Å². The van der Waals surface area contributed by atoms with Crippen molar-refractivity contribution >= 4 is 17.6 Å². The van der Waals surface area contributed by atoms with Crippen LogP contribution < -0.4 is 15.4 Å². The summed E-state index contributed by atoms with van der Waals surface area (Å²) in [5, 5.41) is 6.24. The normalized spacial score (nSPS) is 16.4. The number of guanidine groups is 1. The number of ether oxygens (including phenoxy) is 2. The number of pyridine rings is 1. The Balaban J connectivity index is 1.74. The third-order valence-electron chi connectivity index (χ3n) is 4.87. The molecule has 0 aliphatic heterocycles.